The van der Waals surface area contributed by atoms with Gasteiger partial charge < -0.3 is 0 Å². The number of halogens is 1. The molecule has 0 radical (unpaired) electrons. The first-order chi connectivity index (χ1) is 5.83. The Labute approximate surface area is 85.9 Å². The highest BCUT2D eigenvalue weighted by Gasteiger charge is 2.22. The Hall–Kier alpha value is 0.200. The minimum atomic E-state index is -3.15. The molecule has 0 rings (SSSR count). The fraction of sp³-hybridized carbons (Fsp3) is 1.00. The summed E-state index contributed by atoms with van der Waals surface area (Å²) in [4.78, 5) is 0. The van der Waals surface area contributed by atoms with Crippen molar-refractivity contribution in [1.82, 2.24) is 4.72 Å². The molecule has 0 atom stereocenters. The summed E-state index contributed by atoms with van der Waals surface area (Å²) in [5.41, 5.74) is -0.356. The van der Waals surface area contributed by atoms with Crippen LogP contribution in [0.3, 0.4) is 0 Å². The molecule has 0 unspecified atom stereocenters. The smallest absolute Gasteiger partial charge is 0.212 e. The van der Waals surface area contributed by atoms with Crippen molar-refractivity contribution in [1.29, 1.82) is 0 Å². The van der Waals surface area contributed by atoms with Crippen LogP contribution in [0.2, 0.25) is 0 Å². The Morgan fingerprint density at radius 3 is 2.31 bits per heavy atom. The van der Waals surface area contributed by atoms with Crippen LogP contribution in [0.5, 0.6) is 0 Å². The summed E-state index contributed by atoms with van der Waals surface area (Å²) in [6.45, 7) is 5.68. The van der Waals surface area contributed by atoms with Gasteiger partial charge in [0.2, 0.25) is 10.0 Å². The van der Waals surface area contributed by atoms with Gasteiger partial charge in [-0.05, 0) is 26.7 Å². The first-order valence-electron chi connectivity index (χ1n) is 4.40. The lowest BCUT2D eigenvalue weighted by Crippen LogP contribution is -2.43. The Bertz CT molecular complexity index is 237. The molecule has 0 amide bonds. The third kappa shape index (κ3) is 6.29. The van der Waals surface area contributed by atoms with Gasteiger partial charge in [0.25, 0.3) is 0 Å². The molecule has 0 aromatic carbocycles. The summed E-state index contributed by atoms with van der Waals surface area (Å²) in [5, 5.41) is 0. The summed E-state index contributed by atoms with van der Waals surface area (Å²) in [5.74, 6) is 0.493. The third-order valence-electron chi connectivity index (χ3n) is 1.86. The summed E-state index contributed by atoms with van der Waals surface area (Å²) < 4.78 is 25.4. The number of hydrogen-bond acceptors (Lipinski definition) is 2. The minimum absolute atomic E-state index is 0.111. The zero-order valence-electron chi connectivity index (χ0n) is 8.43. The van der Waals surface area contributed by atoms with Crippen LogP contribution >= 0.6 is 11.6 Å². The standard InChI is InChI=1S/C8H18ClNO2S/c1-4-8(2,3)10-13(11,12)7-5-6-9/h10H,4-7H2,1-3H3. The van der Waals surface area contributed by atoms with E-state index >= 15 is 0 Å². The molecule has 0 heterocycles. The highest BCUT2D eigenvalue weighted by Crippen LogP contribution is 2.09. The van der Waals surface area contributed by atoms with Gasteiger partial charge >= 0.3 is 0 Å². The predicted molar refractivity (Wildman–Crippen MR) is 56.6 cm³/mol. The quantitative estimate of drug-likeness (QED) is 0.703. The van der Waals surface area contributed by atoms with E-state index in [-0.39, 0.29) is 11.3 Å². The Morgan fingerprint density at radius 1 is 1.38 bits per heavy atom. The molecule has 0 spiro atoms. The fourth-order valence-electron chi connectivity index (χ4n) is 0.789. The van der Waals surface area contributed by atoms with Gasteiger partial charge in [-0.15, -0.1) is 11.6 Å². The SMILES string of the molecule is CCC(C)(C)NS(=O)(=O)CCCCl. The molecule has 0 aromatic heterocycles. The first kappa shape index (κ1) is 13.2. The molecular weight excluding hydrogens is 210 g/mol. The molecule has 0 aliphatic rings. The lowest BCUT2D eigenvalue weighted by Gasteiger charge is -2.23. The van der Waals surface area contributed by atoms with Crippen LogP contribution in [-0.2, 0) is 10.0 Å². The van der Waals surface area contributed by atoms with Crippen LogP contribution in [0.4, 0.5) is 0 Å². The Kier molecular flexibility index (Phi) is 5.25. The Balaban J connectivity index is 4.18. The Morgan fingerprint density at radius 2 is 1.92 bits per heavy atom. The van der Waals surface area contributed by atoms with Gasteiger partial charge in [0.05, 0.1) is 5.75 Å². The largest absolute Gasteiger partial charge is 0.212 e. The highest BCUT2D eigenvalue weighted by atomic mass is 35.5. The second kappa shape index (κ2) is 5.17. The van der Waals surface area contributed by atoms with E-state index in [1.54, 1.807) is 0 Å². The van der Waals surface area contributed by atoms with Crippen molar-refractivity contribution in [3.05, 3.63) is 0 Å². The lowest BCUT2D eigenvalue weighted by molar-refractivity contribution is 0.439. The topological polar surface area (TPSA) is 46.2 Å². The molecule has 0 aromatic rings. The fourth-order valence-corrected chi connectivity index (χ4v) is 2.69. The van der Waals surface area contributed by atoms with E-state index in [1.165, 1.54) is 0 Å². The van der Waals surface area contributed by atoms with Crippen LogP contribution in [-0.4, -0.2) is 25.6 Å². The summed E-state index contributed by atoms with van der Waals surface area (Å²) in [7, 11) is -3.15. The molecule has 0 fully saturated rings. The van der Waals surface area contributed by atoms with Crippen LogP contribution in [0.15, 0.2) is 0 Å². The first-order valence-corrected chi connectivity index (χ1v) is 6.59. The third-order valence-corrected chi connectivity index (χ3v) is 3.82. The zero-order chi connectivity index (χ0) is 10.5. The molecule has 0 saturated carbocycles. The zero-order valence-corrected chi connectivity index (χ0v) is 10.0. The van der Waals surface area contributed by atoms with E-state index in [9.17, 15) is 8.42 Å². The average Bonchev–Trinajstić information content (AvgIpc) is 1.99. The van der Waals surface area contributed by atoms with E-state index in [1.807, 2.05) is 20.8 Å². The van der Waals surface area contributed by atoms with Crippen molar-refractivity contribution in [2.75, 3.05) is 11.6 Å². The van der Waals surface area contributed by atoms with Crippen molar-refractivity contribution >= 4 is 21.6 Å². The molecule has 0 aliphatic heterocycles. The van der Waals surface area contributed by atoms with Crippen molar-refractivity contribution in [3.8, 4) is 0 Å². The van der Waals surface area contributed by atoms with Gasteiger partial charge in [0.15, 0.2) is 0 Å². The second-order valence-corrected chi connectivity index (χ2v) is 5.92. The number of hydrogen-bond donors (Lipinski definition) is 1. The van der Waals surface area contributed by atoms with Crippen molar-refractivity contribution < 1.29 is 8.42 Å². The van der Waals surface area contributed by atoms with Crippen molar-refractivity contribution in [3.63, 3.8) is 0 Å². The van der Waals surface area contributed by atoms with Crippen molar-refractivity contribution in [2.24, 2.45) is 0 Å². The second-order valence-electron chi connectivity index (χ2n) is 3.70. The molecular formula is C8H18ClNO2S. The molecule has 3 nitrogen and oxygen atoms in total. The predicted octanol–water partition coefficient (Wildman–Crippen LogP) is 1.72. The van der Waals surface area contributed by atoms with E-state index in [2.05, 4.69) is 4.72 Å². The van der Waals surface area contributed by atoms with Crippen LogP contribution in [0.1, 0.15) is 33.6 Å². The van der Waals surface area contributed by atoms with E-state index in [0.717, 1.165) is 6.42 Å². The molecule has 13 heavy (non-hydrogen) atoms. The van der Waals surface area contributed by atoms with Crippen LogP contribution in [0, 0.1) is 0 Å². The lowest BCUT2D eigenvalue weighted by atomic mass is 10.0. The summed E-state index contributed by atoms with van der Waals surface area (Å²) in [6.07, 6.45) is 1.27. The van der Waals surface area contributed by atoms with Gasteiger partial charge in [0, 0.05) is 11.4 Å². The van der Waals surface area contributed by atoms with Gasteiger partial charge in [0.1, 0.15) is 0 Å². The van der Waals surface area contributed by atoms with E-state index in [0.29, 0.717) is 12.3 Å². The van der Waals surface area contributed by atoms with Gasteiger partial charge in [-0.1, -0.05) is 6.92 Å². The monoisotopic (exact) mass is 227 g/mol. The molecule has 5 heteroatoms. The number of rotatable bonds is 6. The number of sulfonamides is 1. The maximum Gasteiger partial charge on any atom is 0.212 e. The van der Waals surface area contributed by atoms with E-state index < -0.39 is 10.0 Å². The summed E-state index contributed by atoms with van der Waals surface area (Å²) in [6, 6.07) is 0. The molecule has 1 N–H and O–H groups in total. The molecule has 0 aliphatic carbocycles. The maximum atomic E-state index is 11.4. The molecule has 0 bridgehead atoms. The number of nitrogens with one attached hydrogen (secondary N) is 1. The number of alkyl halides is 1. The normalized spacial score (nSPS) is 13.2. The van der Waals surface area contributed by atoms with Crippen LogP contribution in [0.25, 0.3) is 0 Å². The highest BCUT2D eigenvalue weighted by molar-refractivity contribution is 7.89. The van der Waals surface area contributed by atoms with Gasteiger partial charge in [-0.25, -0.2) is 13.1 Å². The van der Waals surface area contributed by atoms with Gasteiger partial charge in [-0.2, -0.15) is 0 Å². The summed E-state index contributed by atoms with van der Waals surface area (Å²) >= 11 is 5.42. The average molecular weight is 228 g/mol. The molecule has 0 saturated heterocycles. The minimum Gasteiger partial charge on any atom is -0.212 e. The van der Waals surface area contributed by atoms with E-state index in [4.69, 9.17) is 11.6 Å². The van der Waals surface area contributed by atoms with Crippen LogP contribution < -0.4 is 4.72 Å². The van der Waals surface area contributed by atoms with Gasteiger partial charge in [-0.3, -0.25) is 0 Å². The maximum absolute atomic E-state index is 11.4. The van der Waals surface area contributed by atoms with Crippen molar-refractivity contribution in [2.45, 2.75) is 39.2 Å². The molecule has 80 valence electrons.